The zero-order valence-electron chi connectivity index (χ0n) is 18.2. The van der Waals surface area contributed by atoms with Crippen molar-refractivity contribution in [1.29, 1.82) is 0 Å². The summed E-state index contributed by atoms with van der Waals surface area (Å²) < 4.78 is 0. The van der Waals surface area contributed by atoms with Gasteiger partial charge in [0, 0.05) is 28.8 Å². The van der Waals surface area contributed by atoms with Gasteiger partial charge in [-0.1, -0.05) is 25.1 Å². The Morgan fingerprint density at radius 3 is 2.81 bits per heavy atom. The first kappa shape index (κ1) is 19.6. The van der Waals surface area contributed by atoms with Gasteiger partial charge in [-0.25, -0.2) is 0 Å². The number of amides is 1. The number of nitrogens with zero attached hydrogens (tertiary/aromatic N) is 4. The van der Waals surface area contributed by atoms with E-state index in [4.69, 9.17) is 0 Å². The second kappa shape index (κ2) is 6.83. The summed E-state index contributed by atoms with van der Waals surface area (Å²) in [5.41, 5.74) is 5.83. The predicted octanol–water partition coefficient (Wildman–Crippen LogP) is 3.93. The molecule has 0 spiro atoms. The molecule has 0 radical (unpaired) electrons. The van der Waals surface area contributed by atoms with E-state index in [0.29, 0.717) is 0 Å². The van der Waals surface area contributed by atoms with Gasteiger partial charge in [0.05, 0.1) is 29.1 Å². The first-order chi connectivity index (χ1) is 14.8. The van der Waals surface area contributed by atoms with E-state index in [9.17, 15) is 4.79 Å². The molecule has 3 aliphatic heterocycles. The van der Waals surface area contributed by atoms with Crippen molar-refractivity contribution in [2.75, 3.05) is 0 Å². The number of hydrogen-bond donors (Lipinski definition) is 2. The number of azo groups is 1. The largest absolute Gasteiger partial charge is 0.362 e. The Hall–Kier alpha value is -3.35. The van der Waals surface area contributed by atoms with Crippen molar-refractivity contribution in [3.05, 3.63) is 70.8 Å². The molecule has 31 heavy (non-hydrogen) atoms. The van der Waals surface area contributed by atoms with Crippen molar-refractivity contribution in [1.82, 2.24) is 20.8 Å². The highest BCUT2D eigenvalue weighted by atomic mass is 16.2. The van der Waals surface area contributed by atoms with E-state index in [-0.39, 0.29) is 17.6 Å². The first-order valence-electron chi connectivity index (χ1n) is 10.7. The molecule has 0 saturated heterocycles. The molecular formula is C24H26N6O. The molecule has 2 N–H and O–H groups in total. The molecule has 2 aromatic rings. The molecule has 7 heteroatoms. The summed E-state index contributed by atoms with van der Waals surface area (Å²) in [6, 6.07) is 10.4. The zero-order chi connectivity index (χ0) is 21.8. The normalized spacial score (nSPS) is 26.0. The quantitative estimate of drug-likeness (QED) is 0.796. The number of nitrogens with one attached hydrogen (secondary N) is 2. The second-order valence-electron chi connectivity index (χ2n) is 9.16. The molecule has 158 valence electrons. The molecular weight excluding hydrogens is 388 g/mol. The van der Waals surface area contributed by atoms with Crippen LogP contribution in [0, 0.1) is 6.92 Å². The van der Waals surface area contributed by atoms with E-state index < -0.39 is 5.41 Å². The number of carbonyl (C=O) groups is 1. The van der Waals surface area contributed by atoms with Gasteiger partial charge in [0.2, 0.25) is 0 Å². The first-order valence-corrected chi connectivity index (χ1v) is 10.7. The number of rotatable bonds is 3. The van der Waals surface area contributed by atoms with Crippen LogP contribution in [-0.4, -0.2) is 27.8 Å². The number of hydrogen-bond acceptors (Lipinski definition) is 6. The highest BCUT2D eigenvalue weighted by molar-refractivity contribution is 6.00. The van der Waals surface area contributed by atoms with Crippen LogP contribution in [0.2, 0.25) is 0 Å². The highest BCUT2D eigenvalue weighted by Gasteiger charge is 2.53. The van der Waals surface area contributed by atoms with E-state index in [2.05, 4.69) is 56.2 Å². The van der Waals surface area contributed by atoms with E-state index in [1.165, 1.54) is 0 Å². The summed E-state index contributed by atoms with van der Waals surface area (Å²) in [4.78, 5) is 13.5. The van der Waals surface area contributed by atoms with Crippen LogP contribution in [-0.2, 0) is 10.2 Å². The Morgan fingerprint density at radius 2 is 2.03 bits per heavy atom. The van der Waals surface area contributed by atoms with Crippen LogP contribution in [0.3, 0.4) is 0 Å². The molecule has 1 unspecified atom stereocenters. The molecule has 3 aliphatic rings. The van der Waals surface area contributed by atoms with E-state index >= 15 is 0 Å². The summed E-state index contributed by atoms with van der Waals surface area (Å²) in [6.45, 7) is 8.16. The van der Waals surface area contributed by atoms with Gasteiger partial charge in [0.25, 0.3) is 5.91 Å². The topological polar surface area (TPSA) is 91.6 Å². The maximum Gasteiger partial charge on any atom is 0.250 e. The molecule has 2 atom stereocenters. The summed E-state index contributed by atoms with van der Waals surface area (Å²) in [7, 11) is 0. The van der Waals surface area contributed by atoms with Gasteiger partial charge in [-0.2, -0.15) is 20.4 Å². The van der Waals surface area contributed by atoms with Crippen LogP contribution in [0.15, 0.2) is 69.8 Å². The number of aryl methyl sites for hydroxylation is 1. The van der Waals surface area contributed by atoms with Crippen molar-refractivity contribution in [2.24, 2.45) is 10.2 Å². The Labute approximate surface area is 181 Å². The van der Waals surface area contributed by atoms with Gasteiger partial charge >= 0.3 is 0 Å². The Kier molecular flexibility index (Phi) is 4.32. The van der Waals surface area contributed by atoms with Crippen molar-refractivity contribution in [3.63, 3.8) is 0 Å². The average molecular weight is 415 g/mol. The third-order valence-electron chi connectivity index (χ3n) is 6.50. The lowest BCUT2D eigenvalue weighted by atomic mass is 9.62. The van der Waals surface area contributed by atoms with E-state index in [1.54, 1.807) is 6.20 Å². The minimum Gasteiger partial charge on any atom is -0.362 e. The Morgan fingerprint density at radius 1 is 1.19 bits per heavy atom. The Balaban J connectivity index is 1.73. The average Bonchev–Trinajstić information content (AvgIpc) is 3.20. The summed E-state index contributed by atoms with van der Waals surface area (Å²) in [6.07, 6.45) is 4.81. The fourth-order valence-corrected chi connectivity index (χ4v) is 5.20. The molecule has 4 heterocycles. The SMILES string of the molecule is CC[C@]1(c2cccc(-c3cnnc(C)c3)c2)C2=CN=NC2NC2=C1C(=O)NC(C)(C)C2. The van der Waals surface area contributed by atoms with Gasteiger partial charge in [0.1, 0.15) is 0 Å². The molecule has 1 aromatic carbocycles. The highest BCUT2D eigenvalue weighted by Crippen LogP contribution is 2.51. The van der Waals surface area contributed by atoms with Crippen LogP contribution in [0.5, 0.6) is 0 Å². The van der Waals surface area contributed by atoms with Gasteiger partial charge in [-0.3, -0.25) is 4.79 Å². The summed E-state index contributed by atoms with van der Waals surface area (Å²) in [5.74, 6) is -0.0290. The molecule has 0 fully saturated rings. The van der Waals surface area contributed by atoms with Gasteiger partial charge < -0.3 is 10.6 Å². The fourth-order valence-electron chi connectivity index (χ4n) is 5.20. The number of carbonyl (C=O) groups excluding carboxylic acids is 1. The second-order valence-corrected chi connectivity index (χ2v) is 9.16. The van der Waals surface area contributed by atoms with Crippen LogP contribution < -0.4 is 10.6 Å². The smallest absolute Gasteiger partial charge is 0.250 e. The minimum absolute atomic E-state index is 0.0290. The molecule has 1 amide bonds. The van der Waals surface area contributed by atoms with E-state index in [0.717, 1.165) is 52.1 Å². The molecule has 0 aliphatic carbocycles. The maximum absolute atomic E-state index is 13.5. The van der Waals surface area contributed by atoms with Crippen LogP contribution in [0.25, 0.3) is 11.1 Å². The van der Waals surface area contributed by atoms with Crippen molar-refractivity contribution >= 4 is 5.91 Å². The lowest BCUT2D eigenvalue weighted by molar-refractivity contribution is -0.120. The third kappa shape index (κ3) is 2.99. The number of fused-ring (bicyclic) bond motifs is 1. The number of benzene rings is 1. The summed E-state index contributed by atoms with van der Waals surface area (Å²) >= 11 is 0. The van der Waals surface area contributed by atoms with Crippen LogP contribution >= 0.6 is 0 Å². The van der Waals surface area contributed by atoms with Crippen molar-refractivity contribution < 1.29 is 4.79 Å². The standard InChI is InChI=1S/C24H26N6O/c1-5-24(17-8-6-7-15(10-17)16-9-14(2)29-25-12-16)18-13-26-30-21(18)27-19-11-23(3,4)28-22(31)20(19)24/h6-10,12-13,21,27H,5,11H2,1-4H3,(H,28,31)/t21?,24-/m0/s1. The zero-order valence-corrected chi connectivity index (χ0v) is 18.2. The molecule has 1 aromatic heterocycles. The molecule has 5 rings (SSSR count). The Bertz CT molecular complexity index is 1180. The van der Waals surface area contributed by atoms with Gasteiger partial charge in [-0.05, 0) is 50.5 Å². The van der Waals surface area contributed by atoms with Gasteiger partial charge in [0.15, 0.2) is 6.17 Å². The molecule has 0 saturated carbocycles. The van der Waals surface area contributed by atoms with Crippen molar-refractivity contribution in [2.45, 2.75) is 57.7 Å². The fraction of sp³-hybridized carbons (Fsp3) is 0.375. The van der Waals surface area contributed by atoms with Crippen LogP contribution in [0.1, 0.15) is 44.9 Å². The summed E-state index contributed by atoms with van der Waals surface area (Å²) in [5, 5.41) is 23.5. The van der Waals surface area contributed by atoms with Gasteiger partial charge in [-0.15, -0.1) is 0 Å². The van der Waals surface area contributed by atoms with E-state index in [1.807, 2.05) is 39.1 Å². The van der Waals surface area contributed by atoms with Crippen LogP contribution in [0.4, 0.5) is 0 Å². The molecule has 0 bridgehead atoms. The monoisotopic (exact) mass is 414 g/mol. The lowest BCUT2D eigenvalue weighted by Crippen LogP contribution is -2.58. The maximum atomic E-state index is 13.5. The molecule has 7 nitrogen and oxygen atoms in total. The number of aromatic nitrogens is 2. The third-order valence-corrected chi connectivity index (χ3v) is 6.50. The minimum atomic E-state index is -0.596. The predicted molar refractivity (Wildman–Crippen MR) is 118 cm³/mol. The lowest BCUT2D eigenvalue weighted by Gasteiger charge is -2.48. The van der Waals surface area contributed by atoms with Crippen molar-refractivity contribution in [3.8, 4) is 11.1 Å².